The van der Waals surface area contributed by atoms with Crippen molar-refractivity contribution in [3.8, 4) is 0 Å². The number of carbonyl (C=O) groups is 2. The third-order valence-electron chi connectivity index (χ3n) is 7.25. The fraction of sp³-hybridized carbons (Fsp3) is 0.538. The summed E-state index contributed by atoms with van der Waals surface area (Å²) < 4.78 is 0. The molecule has 0 saturated carbocycles. The lowest BCUT2D eigenvalue weighted by Gasteiger charge is -2.26. The van der Waals surface area contributed by atoms with E-state index in [1.807, 2.05) is 18.2 Å². The molecule has 2 heterocycles. The minimum atomic E-state index is 0. The first kappa shape index (κ1) is 27.7. The molecule has 182 valence electrons. The first-order valence-corrected chi connectivity index (χ1v) is 11.8. The SMILES string of the molecule is Cl.Cl.O.O=C(CN1CCCCC1)c1ccc2c(C(=O)CN3CCCCC3)ccc3c2c1CC3. The lowest BCUT2D eigenvalue weighted by molar-refractivity contribution is 0.0909. The van der Waals surface area contributed by atoms with E-state index in [0.717, 1.165) is 55.5 Å². The highest BCUT2D eigenvalue weighted by atomic mass is 35.5. The van der Waals surface area contributed by atoms with Crippen molar-refractivity contribution in [2.45, 2.75) is 51.4 Å². The molecular weight excluding hydrogens is 459 g/mol. The average molecular weight is 495 g/mol. The number of Topliss-reactive ketones (excluding diaryl/α,β-unsaturated/α-hetero) is 2. The Bertz CT molecular complexity index is 983. The van der Waals surface area contributed by atoms with Gasteiger partial charge in [-0.15, -0.1) is 24.8 Å². The van der Waals surface area contributed by atoms with E-state index in [-0.39, 0.29) is 41.9 Å². The minimum Gasteiger partial charge on any atom is -0.412 e. The van der Waals surface area contributed by atoms with E-state index >= 15 is 0 Å². The van der Waals surface area contributed by atoms with Crippen molar-refractivity contribution in [1.29, 1.82) is 0 Å². The van der Waals surface area contributed by atoms with E-state index in [1.54, 1.807) is 0 Å². The zero-order valence-electron chi connectivity index (χ0n) is 19.2. The fourth-order valence-corrected chi connectivity index (χ4v) is 5.64. The zero-order valence-corrected chi connectivity index (χ0v) is 20.9. The maximum Gasteiger partial charge on any atom is 0.177 e. The van der Waals surface area contributed by atoms with Gasteiger partial charge in [0.1, 0.15) is 0 Å². The molecule has 0 amide bonds. The molecule has 0 unspecified atom stereocenters. The van der Waals surface area contributed by atoms with Crippen LogP contribution in [0.15, 0.2) is 24.3 Å². The van der Waals surface area contributed by atoms with Crippen LogP contribution in [0.4, 0.5) is 0 Å². The summed E-state index contributed by atoms with van der Waals surface area (Å²) in [5.41, 5.74) is 4.18. The van der Waals surface area contributed by atoms with Crippen LogP contribution in [0.25, 0.3) is 10.8 Å². The standard InChI is InChI=1S/C26H32N2O2.2ClH.H2O/c29-24(17-27-13-3-1-4-14-27)20-9-7-19-8-10-22-21(11-12-23(20)26(19)22)25(30)18-28-15-5-2-6-16-28;;;/h7,9,11-12H,1-6,8,10,13-18H2;2*1H;1H2. The van der Waals surface area contributed by atoms with Gasteiger partial charge in [-0.3, -0.25) is 19.4 Å². The molecular formula is C26H36Cl2N2O3. The van der Waals surface area contributed by atoms with Gasteiger partial charge >= 0.3 is 0 Å². The van der Waals surface area contributed by atoms with Gasteiger partial charge in [-0.25, -0.2) is 0 Å². The fourth-order valence-electron chi connectivity index (χ4n) is 5.64. The molecule has 0 atom stereocenters. The van der Waals surface area contributed by atoms with Gasteiger partial charge in [-0.2, -0.15) is 0 Å². The van der Waals surface area contributed by atoms with Crippen molar-refractivity contribution in [3.63, 3.8) is 0 Å². The van der Waals surface area contributed by atoms with E-state index < -0.39 is 0 Å². The number of aryl methyl sites for hydroxylation is 2. The van der Waals surface area contributed by atoms with Crippen LogP contribution in [0.1, 0.15) is 70.4 Å². The highest BCUT2D eigenvalue weighted by Crippen LogP contribution is 2.35. The molecule has 0 radical (unpaired) electrons. The summed E-state index contributed by atoms with van der Waals surface area (Å²) in [5, 5.41) is 2.24. The van der Waals surface area contributed by atoms with E-state index in [1.165, 1.54) is 55.0 Å². The minimum absolute atomic E-state index is 0. The Morgan fingerprint density at radius 3 is 1.76 bits per heavy atom. The van der Waals surface area contributed by atoms with E-state index in [9.17, 15) is 9.59 Å². The summed E-state index contributed by atoms with van der Waals surface area (Å²) >= 11 is 0. The van der Waals surface area contributed by atoms with Crippen LogP contribution >= 0.6 is 24.8 Å². The predicted molar refractivity (Wildman–Crippen MR) is 139 cm³/mol. The second kappa shape index (κ2) is 12.3. The number of carbonyl (C=O) groups excluding carboxylic acids is 2. The first-order chi connectivity index (χ1) is 14.7. The number of rotatable bonds is 6. The lowest BCUT2D eigenvalue weighted by Crippen LogP contribution is -2.34. The van der Waals surface area contributed by atoms with Gasteiger partial charge in [0.05, 0.1) is 13.1 Å². The number of nitrogens with zero attached hydrogens (tertiary/aromatic N) is 2. The molecule has 5 nitrogen and oxygen atoms in total. The maximum atomic E-state index is 13.1. The molecule has 7 heteroatoms. The smallest absolute Gasteiger partial charge is 0.177 e. The normalized spacial score (nSPS) is 18.2. The van der Waals surface area contributed by atoms with Crippen molar-refractivity contribution in [3.05, 3.63) is 46.5 Å². The van der Waals surface area contributed by atoms with E-state index in [2.05, 4.69) is 15.9 Å². The van der Waals surface area contributed by atoms with Crippen molar-refractivity contribution in [1.82, 2.24) is 9.80 Å². The quantitative estimate of drug-likeness (QED) is 0.561. The number of halogens is 2. The second-order valence-corrected chi connectivity index (χ2v) is 9.31. The molecule has 5 rings (SSSR count). The monoisotopic (exact) mass is 494 g/mol. The van der Waals surface area contributed by atoms with Crippen molar-refractivity contribution in [2.24, 2.45) is 0 Å². The number of hydrogen-bond donors (Lipinski definition) is 0. The average Bonchev–Trinajstić information content (AvgIpc) is 3.21. The van der Waals surface area contributed by atoms with Crippen LogP contribution in [0.3, 0.4) is 0 Å². The van der Waals surface area contributed by atoms with Gasteiger partial charge in [0.25, 0.3) is 0 Å². The van der Waals surface area contributed by atoms with Crippen LogP contribution in [0, 0.1) is 0 Å². The van der Waals surface area contributed by atoms with Crippen molar-refractivity contribution in [2.75, 3.05) is 39.3 Å². The van der Waals surface area contributed by atoms with Gasteiger partial charge in [0.2, 0.25) is 0 Å². The topological polar surface area (TPSA) is 72.1 Å². The lowest BCUT2D eigenvalue weighted by atomic mass is 9.93. The number of benzene rings is 2. The highest BCUT2D eigenvalue weighted by molar-refractivity contribution is 6.13. The van der Waals surface area contributed by atoms with Gasteiger partial charge in [0, 0.05) is 11.1 Å². The van der Waals surface area contributed by atoms with Crippen LogP contribution in [0.5, 0.6) is 0 Å². The van der Waals surface area contributed by atoms with Gasteiger partial charge in [-0.1, -0.05) is 37.1 Å². The Morgan fingerprint density at radius 2 is 1.18 bits per heavy atom. The van der Waals surface area contributed by atoms with Gasteiger partial charge < -0.3 is 5.48 Å². The number of hydrogen-bond acceptors (Lipinski definition) is 4. The van der Waals surface area contributed by atoms with Gasteiger partial charge in [-0.05, 0) is 86.6 Å². The zero-order chi connectivity index (χ0) is 20.5. The molecule has 0 bridgehead atoms. The highest BCUT2D eigenvalue weighted by Gasteiger charge is 2.25. The molecule has 1 aliphatic carbocycles. The summed E-state index contributed by atoms with van der Waals surface area (Å²) in [6, 6.07) is 8.19. The molecule has 0 aromatic heterocycles. The Kier molecular flexibility index (Phi) is 10.3. The maximum absolute atomic E-state index is 13.1. The van der Waals surface area contributed by atoms with Crippen molar-refractivity contribution < 1.29 is 15.1 Å². The predicted octanol–water partition coefficient (Wildman–Crippen LogP) is 4.29. The molecule has 2 N–H and O–H groups in total. The Labute approximate surface area is 209 Å². The Hall–Kier alpha value is -1.50. The van der Waals surface area contributed by atoms with Crippen LogP contribution in [0.2, 0.25) is 0 Å². The molecule has 3 aliphatic rings. The van der Waals surface area contributed by atoms with Crippen LogP contribution < -0.4 is 0 Å². The summed E-state index contributed by atoms with van der Waals surface area (Å²) in [6.07, 6.45) is 9.23. The summed E-state index contributed by atoms with van der Waals surface area (Å²) in [6.45, 7) is 5.18. The first-order valence-electron chi connectivity index (χ1n) is 11.8. The Balaban J connectivity index is 0.00000128. The number of ketones is 2. The number of piperidine rings is 2. The molecule has 0 spiro atoms. The van der Waals surface area contributed by atoms with Gasteiger partial charge in [0.15, 0.2) is 11.6 Å². The third-order valence-corrected chi connectivity index (χ3v) is 7.25. The Morgan fingerprint density at radius 1 is 0.667 bits per heavy atom. The van der Waals surface area contributed by atoms with Crippen LogP contribution in [-0.4, -0.2) is 66.1 Å². The summed E-state index contributed by atoms with van der Waals surface area (Å²) in [4.78, 5) is 30.9. The van der Waals surface area contributed by atoms with E-state index in [4.69, 9.17) is 0 Å². The molecule has 2 aliphatic heterocycles. The largest absolute Gasteiger partial charge is 0.412 e. The number of likely N-dealkylation sites (tertiary alicyclic amines) is 2. The van der Waals surface area contributed by atoms with Crippen molar-refractivity contribution >= 4 is 47.2 Å². The molecule has 2 fully saturated rings. The van der Waals surface area contributed by atoms with E-state index in [0.29, 0.717) is 13.1 Å². The molecule has 2 aromatic rings. The second-order valence-electron chi connectivity index (χ2n) is 9.31. The third kappa shape index (κ3) is 5.77. The molecule has 2 aromatic carbocycles. The van der Waals surface area contributed by atoms with Crippen LogP contribution in [-0.2, 0) is 12.8 Å². The summed E-state index contributed by atoms with van der Waals surface area (Å²) in [5.74, 6) is 0.459. The molecule has 33 heavy (non-hydrogen) atoms. The summed E-state index contributed by atoms with van der Waals surface area (Å²) in [7, 11) is 0. The molecule has 2 saturated heterocycles.